The van der Waals surface area contributed by atoms with Gasteiger partial charge in [0.1, 0.15) is 22.3 Å². The lowest BCUT2D eigenvalue weighted by atomic mass is 9.92. The van der Waals surface area contributed by atoms with E-state index < -0.39 is 0 Å². The lowest BCUT2D eigenvalue weighted by Gasteiger charge is -2.12. The summed E-state index contributed by atoms with van der Waals surface area (Å²) in [5.74, 6) is 1.35. The summed E-state index contributed by atoms with van der Waals surface area (Å²) in [6.45, 7) is 0. The summed E-state index contributed by atoms with van der Waals surface area (Å²) < 4.78 is 13.0. The van der Waals surface area contributed by atoms with Gasteiger partial charge in [0.05, 0.1) is 11.4 Å². The van der Waals surface area contributed by atoms with Crippen LogP contribution in [0.25, 0.3) is 123 Å². The molecule has 0 unspecified atom stereocenters. The van der Waals surface area contributed by atoms with Crippen LogP contribution in [-0.2, 0) is 0 Å². The van der Waals surface area contributed by atoms with E-state index in [1.54, 1.807) is 0 Å². The van der Waals surface area contributed by atoms with Gasteiger partial charge in [-0.2, -0.15) is 0 Å². The number of para-hydroxylation sites is 2. The molecule has 0 N–H and O–H groups in total. The maximum absolute atomic E-state index is 6.73. The van der Waals surface area contributed by atoms with Gasteiger partial charge in [-0.05, 0) is 52.6 Å². The van der Waals surface area contributed by atoms with Gasteiger partial charge in [0.15, 0.2) is 11.6 Å². The first-order valence-corrected chi connectivity index (χ1v) is 20.6. The molecule has 0 aliphatic carbocycles. The molecule has 4 heterocycles. The number of benzene rings is 8. The van der Waals surface area contributed by atoms with E-state index in [0.717, 1.165) is 111 Å². The molecular formula is C56H34N4O2. The Bertz CT molecular complexity index is 3600. The van der Waals surface area contributed by atoms with Crippen LogP contribution in [-0.4, -0.2) is 19.9 Å². The van der Waals surface area contributed by atoms with Gasteiger partial charge in [-0.25, -0.2) is 19.9 Å². The maximum atomic E-state index is 6.73. The van der Waals surface area contributed by atoms with Crippen LogP contribution in [0, 0.1) is 0 Å². The lowest BCUT2D eigenvalue weighted by Crippen LogP contribution is -1.96. The van der Waals surface area contributed by atoms with Crippen LogP contribution in [0.5, 0.6) is 0 Å². The van der Waals surface area contributed by atoms with Gasteiger partial charge in [0.25, 0.3) is 0 Å². The van der Waals surface area contributed by atoms with E-state index in [2.05, 4.69) is 125 Å². The third-order valence-electron chi connectivity index (χ3n) is 11.7. The van der Waals surface area contributed by atoms with E-state index >= 15 is 0 Å². The zero-order valence-corrected chi connectivity index (χ0v) is 33.2. The molecule has 0 amide bonds. The van der Waals surface area contributed by atoms with Gasteiger partial charge in [-0.1, -0.05) is 164 Å². The highest BCUT2D eigenvalue weighted by Gasteiger charge is 2.21. The standard InChI is InChI=1S/C56H34N4O2/c1-3-12-37(13-4-1)47-32-48(60-56(59-47)40-28-22-35(23-29-40)41-33-57-55(58-34-41)39-14-5-2-6-15-39)38-26-24-36(25-27-38)42-30-31-44(53-46-17-8-10-20-50(46)62-54(42)53)43-18-11-21-51-52(43)45-16-7-9-19-49(45)61-51/h1-34H. The summed E-state index contributed by atoms with van der Waals surface area (Å²) in [5.41, 5.74) is 15.3. The number of aromatic nitrogens is 4. The van der Waals surface area contributed by atoms with Crippen molar-refractivity contribution < 1.29 is 8.83 Å². The second-order valence-corrected chi connectivity index (χ2v) is 15.4. The summed E-state index contributed by atoms with van der Waals surface area (Å²) in [6, 6.07) is 66.4. The predicted octanol–water partition coefficient (Wildman–Crippen LogP) is 14.7. The van der Waals surface area contributed by atoms with Crippen molar-refractivity contribution in [3.8, 4) is 78.7 Å². The molecule has 0 bridgehead atoms. The van der Waals surface area contributed by atoms with Crippen LogP contribution in [0.15, 0.2) is 215 Å². The van der Waals surface area contributed by atoms with Crippen LogP contribution in [0.3, 0.4) is 0 Å². The molecule has 0 atom stereocenters. The Balaban J connectivity index is 0.922. The minimum absolute atomic E-state index is 0.646. The summed E-state index contributed by atoms with van der Waals surface area (Å²) >= 11 is 0. The van der Waals surface area contributed by atoms with E-state index in [1.807, 2.05) is 91.3 Å². The molecule has 0 radical (unpaired) electrons. The molecule has 0 fully saturated rings. The van der Waals surface area contributed by atoms with Crippen molar-refractivity contribution in [3.05, 3.63) is 207 Å². The van der Waals surface area contributed by atoms with Crippen molar-refractivity contribution in [2.75, 3.05) is 0 Å². The van der Waals surface area contributed by atoms with Crippen LogP contribution >= 0.6 is 0 Å². The third kappa shape index (κ3) is 6.13. The molecule has 12 aromatic rings. The van der Waals surface area contributed by atoms with Gasteiger partial charge in [-0.3, -0.25) is 0 Å². The monoisotopic (exact) mass is 794 g/mol. The Morgan fingerprint density at radius 3 is 1.52 bits per heavy atom. The quantitative estimate of drug-likeness (QED) is 0.160. The molecule has 4 aromatic heterocycles. The average molecular weight is 795 g/mol. The largest absolute Gasteiger partial charge is 0.456 e. The average Bonchev–Trinajstić information content (AvgIpc) is 3.94. The molecule has 0 spiro atoms. The Labute approximate surface area is 356 Å². The van der Waals surface area contributed by atoms with Crippen molar-refractivity contribution in [2.45, 2.75) is 0 Å². The summed E-state index contributed by atoms with van der Waals surface area (Å²) in [5, 5.41) is 4.35. The number of nitrogens with zero attached hydrogens (tertiary/aromatic N) is 4. The maximum Gasteiger partial charge on any atom is 0.160 e. The number of hydrogen-bond acceptors (Lipinski definition) is 6. The van der Waals surface area contributed by atoms with Crippen LogP contribution in [0.4, 0.5) is 0 Å². The highest BCUT2D eigenvalue weighted by molar-refractivity contribution is 6.21. The molecular weight excluding hydrogens is 761 g/mol. The summed E-state index contributed by atoms with van der Waals surface area (Å²) in [6.07, 6.45) is 3.74. The summed E-state index contributed by atoms with van der Waals surface area (Å²) in [7, 11) is 0. The molecule has 0 saturated heterocycles. The number of fused-ring (bicyclic) bond motifs is 6. The van der Waals surface area contributed by atoms with Crippen LogP contribution in [0.2, 0.25) is 0 Å². The molecule has 0 aliphatic rings. The fraction of sp³-hybridized carbons (Fsp3) is 0. The zero-order valence-electron chi connectivity index (χ0n) is 33.2. The lowest BCUT2D eigenvalue weighted by molar-refractivity contribution is 0.668. The Kier molecular flexibility index (Phi) is 8.38. The molecule has 0 saturated carbocycles. The second kappa shape index (κ2) is 14.7. The van der Waals surface area contributed by atoms with E-state index in [1.165, 1.54) is 0 Å². The van der Waals surface area contributed by atoms with Gasteiger partial charge < -0.3 is 8.83 Å². The summed E-state index contributed by atoms with van der Waals surface area (Å²) in [4.78, 5) is 19.5. The third-order valence-corrected chi connectivity index (χ3v) is 11.7. The van der Waals surface area contributed by atoms with Crippen LogP contribution < -0.4 is 0 Å². The van der Waals surface area contributed by atoms with E-state index in [-0.39, 0.29) is 0 Å². The first-order valence-electron chi connectivity index (χ1n) is 20.6. The molecule has 12 rings (SSSR count). The fourth-order valence-corrected chi connectivity index (χ4v) is 8.61. The van der Waals surface area contributed by atoms with E-state index in [4.69, 9.17) is 18.8 Å². The van der Waals surface area contributed by atoms with Gasteiger partial charge in [-0.15, -0.1) is 0 Å². The smallest absolute Gasteiger partial charge is 0.160 e. The van der Waals surface area contributed by atoms with E-state index in [0.29, 0.717) is 11.6 Å². The number of hydrogen-bond donors (Lipinski definition) is 0. The van der Waals surface area contributed by atoms with Gasteiger partial charge in [0.2, 0.25) is 0 Å². The molecule has 6 heteroatoms. The fourth-order valence-electron chi connectivity index (χ4n) is 8.61. The number of rotatable bonds is 7. The predicted molar refractivity (Wildman–Crippen MR) is 250 cm³/mol. The minimum atomic E-state index is 0.646. The minimum Gasteiger partial charge on any atom is -0.456 e. The zero-order chi connectivity index (χ0) is 41.0. The Hall–Kier alpha value is -8.48. The van der Waals surface area contributed by atoms with Gasteiger partial charge in [0, 0.05) is 67.3 Å². The Morgan fingerprint density at radius 2 is 0.806 bits per heavy atom. The van der Waals surface area contributed by atoms with Crippen molar-refractivity contribution in [2.24, 2.45) is 0 Å². The number of furan rings is 2. The molecule has 0 aliphatic heterocycles. The van der Waals surface area contributed by atoms with E-state index in [9.17, 15) is 0 Å². The normalized spacial score (nSPS) is 11.5. The highest BCUT2D eigenvalue weighted by atomic mass is 16.3. The first kappa shape index (κ1) is 35.5. The first-order chi connectivity index (χ1) is 30.7. The SMILES string of the molecule is c1ccc(-c2cc(-c3ccc(-c4ccc(-c5cccc6oc7ccccc7c56)c5c4oc4ccccc45)cc3)nc(-c3ccc(-c4cnc(-c5ccccc5)nc4)cc3)n2)cc1. The van der Waals surface area contributed by atoms with Gasteiger partial charge >= 0.3 is 0 Å². The van der Waals surface area contributed by atoms with Crippen molar-refractivity contribution in [1.29, 1.82) is 0 Å². The van der Waals surface area contributed by atoms with Crippen molar-refractivity contribution in [1.82, 2.24) is 19.9 Å². The van der Waals surface area contributed by atoms with Crippen molar-refractivity contribution >= 4 is 43.9 Å². The van der Waals surface area contributed by atoms with Crippen LogP contribution in [0.1, 0.15) is 0 Å². The topological polar surface area (TPSA) is 77.8 Å². The highest BCUT2D eigenvalue weighted by Crippen LogP contribution is 2.45. The molecule has 290 valence electrons. The second-order valence-electron chi connectivity index (χ2n) is 15.4. The molecule has 6 nitrogen and oxygen atoms in total. The van der Waals surface area contributed by atoms with Crippen molar-refractivity contribution in [3.63, 3.8) is 0 Å². The Morgan fingerprint density at radius 1 is 0.306 bits per heavy atom. The molecule has 62 heavy (non-hydrogen) atoms. The molecule has 8 aromatic carbocycles.